The average molecular weight is 514 g/mol. The number of likely N-dealkylation sites (tertiary alicyclic amines) is 1. The lowest BCUT2D eigenvalue weighted by Gasteiger charge is -2.39. The summed E-state index contributed by atoms with van der Waals surface area (Å²) in [5.74, 6) is -0.503. The van der Waals surface area contributed by atoms with E-state index < -0.39 is 0 Å². The van der Waals surface area contributed by atoms with E-state index in [9.17, 15) is 14.0 Å². The predicted molar refractivity (Wildman–Crippen MR) is 142 cm³/mol. The first-order chi connectivity index (χ1) is 18.5. The lowest BCUT2D eigenvalue weighted by atomic mass is 10.0. The van der Waals surface area contributed by atoms with E-state index in [-0.39, 0.29) is 17.6 Å². The molecule has 2 aromatic rings. The second kappa shape index (κ2) is 11.6. The van der Waals surface area contributed by atoms with Crippen molar-refractivity contribution in [1.29, 1.82) is 5.26 Å². The fraction of sp³-hybridized carbons (Fsp3) is 0.367. The van der Waals surface area contributed by atoms with Gasteiger partial charge in [-0.25, -0.2) is 4.39 Å². The van der Waals surface area contributed by atoms with Crippen LogP contribution in [0.1, 0.15) is 34.3 Å². The molecule has 0 radical (unpaired) electrons. The molecule has 2 aromatic carbocycles. The van der Waals surface area contributed by atoms with Gasteiger partial charge in [-0.1, -0.05) is 24.3 Å². The van der Waals surface area contributed by atoms with Gasteiger partial charge in [-0.15, -0.1) is 0 Å². The summed E-state index contributed by atoms with van der Waals surface area (Å²) in [5, 5.41) is 8.98. The molecule has 2 amide bonds. The molecule has 0 bridgehead atoms. The summed E-state index contributed by atoms with van der Waals surface area (Å²) in [6, 6.07) is 15.9. The van der Waals surface area contributed by atoms with Crippen molar-refractivity contribution in [2.45, 2.75) is 25.4 Å². The second-order valence-corrected chi connectivity index (χ2v) is 10.1. The van der Waals surface area contributed by atoms with Gasteiger partial charge in [0.2, 0.25) is 0 Å². The van der Waals surface area contributed by atoms with Crippen LogP contribution in [0, 0.1) is 17.1 Å². The fourth-order valence-electron chi connectivity index (χ4n) is 5.38. The molecule has 7 nitrogen and oxygen atoms in total. The van der Waals surface area contributed by atoms with Crippen LogP contribution in [0.4, 0.5) is 4.39 Å². The van der Waals surface area contributed by atoms with Crippen LogP contribution in [0.3, 0.4) is 0 Å². The van der Waals surface area contributed by atoms with Gasteiger partial charge in [0, 0.05) is 70.2 Å². The Morgan fingerprint density at radius 2 is 1.50 bits per heavy atom. The van der Waals surface area contributed by atoms with Crippen molar-refractivity contribution in [2.24, 2.45) is 0 Å². The number of halogens is 1. The number of nitriles is 1. The molecule has 0 spiro atoms. The van der Waals surface area contributed by atoms with Crippen molar-refractivity contribution < 1.29 is 14.0 Å². The van der Waals surface area contributed by atoms with Crippen LogP contribution in [0.25, 0.3) is 0 Å². The highest BCUT2D eigenvalue weighted by atomic mass is 19.1. The Morgan fingerprint density at radius 1 is 0.868 bits per heavy atom. The van der Waals surface area contributed by atoms with Gasteiger partial charge in [-0.2, -0.15) is 5.26 Å². The van der Waals surface area contributed by atoms with Gasteiger partial charge < -0.3 is 14.7 Å². The summed E-state index contributed by atoms with van der Waals surface area (Å²) in [5.41, 5.74) is 3.05. The van der Waals surface area contributed by atoms with Gasteiger partial charge in [0.1, 0.15) is 5.82 Å². The number of benzene rings is 2. The monoisotopic (exact) mass is 513 g/mol. The smallest absolute Gasteiger partial charge is 0.255 e. The number of hydrogen-bond donors (Lipinski definition) is 0. The van der Waals surface area contributed by atoms with Gasteiger partial charge >= 0.3 is 0 Å². The standard InChI is InChI=1S/C30H32FN5O2/c31-27-9-7-25(8-10-27)29(37)34-16-18-35(19-17-34)30(38)26-2-1-13-36(22-26)28-11-14-33(15-12-28)21-24-5-3-23(20-32)4-6-24/h1-10,22,28H,11-19,21H2. The van der Waals surface area contributed by atoms with Crippen molar-refractivity contribution in [3.8, 4) is 6.07 Å². The Morgan fingerprint density at radius 3 is 2.13 bits per heavy atom. The van der Waals surface area contributed by atoms with E-state index in [0.29, 0.717) is 48.9 Å². The van der Waals surface area contributed by atoms with Crippen LogP contribution in [0.15, 0.2) is 72.5 Å². The maximum absolute atomic E-state index is 13.3. The third-order valence-electron chi connectivity index (χ3n) is 7.63. The molecule has 0 N–H and O–H groups in total. The first kappa shape index (κ1) is 25.7. The highest BCUT2D eigenvalue weighted by molar-refractivity contribution is 5.97. The second-order valence-electron chi connectivity index (χ2n) is 10.1. The molecule has 38 heavy (non-hydrogen) atoms. The maximum Gasteiger partial charge on any atom is 0.255 e. The number of piperazine rings is 1. The molecule has 3 aliphatic rings. The summed E-state index contributed by atoms with van der Waals surface area (Å²) >= 11 is 0. The SMILES string of the molecule is N#Cc1ccc(CN2CCC(N3C=C(C(=O)N4CCN(C(=O)c5ccc(F)cc5)CC4)C=CC3)CC2)cc1. The minimum absolute atomic E-state index is 0.00177. The molecule has 5 rings (SSSR count). The number of nitrogens with zero attached hydrogens (tertiary/aromatic N) is 5. The van der Waals surface area contributed by atoms with Crippen LogP contribution in [-0.4, -0.2) is 83.3 Å². The third kappa shape index (κ3) is 5.95. The molecule has 0 aromatic heterocycles. The molecular weight excluding hydrogens is 481 g/mol. The van der Waals surface area contributed by atoms with E-state index in [1.54, 1.807) is 4.90 Å². The van der Waals surface area contributed by atoms with E-state index in [4.69, 9.17) is 5.26 Å². The first-order valence-corrected chi connectivity index (χ1v) is 13.2. The highest BCUT2D eigenvalue weighted by Crippen LogP contribution is 2.23. The lowest BCUT2D eigenvalue weighted by Crippen LogP contribution is -2.51. The zero-order valence-corrected chi connectivity index (χ0v) is 21.4. The first-order valence-electron chi connectivity index (χ1n) is 13.2. The van der Waals surface area contributed by atoms with Crippen molar-refractivity contribution in [2.75, 3.05) is 45.8 Å². The number of hydrogen-bond acceptors (Lipinski definition) is 5. The van der Waals surface area contributed by atoms with Crippen molar-refractivity contribution in [3.63, 3.8) is 0 Å². The van der Waals surface area contributed by atoms with E-state index in [2.05, 4.69) is 21.9 Å². The van der Waals surface area contributed by atoms with Crippen LogP contribution in [0.2, 0.25) is 0 Å². The zero-order valence-electron chi connectivity index (χ0n) is 21.4. The van der Waals surface area contributed by atoms with Crippen LogP contribution in [-0.2, 0) is 11.3 Å². The molecule has 0 atom stereocenters. The number of piperidine rings is 1. The number of amides is 2. The Hall–Kier alpha value is -3.96. The summed E-state index contributed by atoms with van der Waals surface area (Å²) in [7, 11) is 0. The maximum atomic E-state index is 13.3. The van der Waals surface area contributed by atoms with Crippen LogP contribution in [0.5, 0.6) is 0 Å². The van der Waals surface area contributed by atoms with Crippen LogP contribution < -0.4 is 0 Å². The highest BCUT2D eigenvalue weighted by Gasteiger charge is 2.29. The van der Waals surface area contributed by atoms with E-state index >= 15 is 0 Å². The van der Waals surface area contributed by atoms with Gasteiger partial charge in [0.15, 0.2) is 0 Å². The molecule has 2 fully saturated rings. The third-order valence-corrected chi connectivity index (χ3v) is 7.63. The Kier molecular flexibility index (Phi) is 7.85. The van der Waals surface area contributed by atoms with E-state index in [1.165, 1.54) is 29.8 Å². The van der Waals surface area contributed by atoms with Crippen molar-refractivity contribution >= 4 is 11.8 Å². The number of carbonyl (C=O) groups is 2. The van der Waals surface area contributed by atoms with E-state index in [0.717, 1.165) is 39.0 Å². The summed E-state index contributed by atoms with van der Waals surface area (Å²) < 4.78 is 13.2. The molecule has 2 saturated heterocycles. The Balaban J connectivity index is 1.11. The Bertz CT molecular complexity index is 1250. The quantitative estimate of drug-likeness (QED) is 0.613. The number of rotatable bonds is 5. The fourth-order valence-corrected chi connectivity index (χ4v) is 5.38. The zero-order chi connectivity index (χ0) is 26.5. The molecule has 3 heterocycles. The summed E-state index contributed by atoms with van der Waals surface area (Å²) in [6.07, 6.45) is 8.05. The minimum atomic E-state index is -0.367. The van der Waals surface area contributed by atoms with E-state index in [1.807, 2.05) is 41.4 Å². The summed E-state index contributed by atoms with van der Waals surface area (Å²) in [4.78, 5) is 34.3. The molecule has 0 aliphatic carbocycles. The largest absolute Gasteiger partial charge is 0.370 e. The minimum Gasteiger partial charge on any atom is -0.370 e. The molecule has 196 valence electrons. The molecular formula is C30H32FN5O2. The molecule has 0 unspecified atom stereocenters. The van der Waals surface area contributed by atoms with Gasteiger partial charge in [0.25, 0.3) is 11.8 Å². The molecule has 8 heteroatoms. The lowest BCUT2D eigenvalue weighted by molar-refractivity contribution is -0.128. The number of carbonyl (C=O) groups excluding carboxylic acids is 2. The topological polar surface area (TPSA) is 70.9 Å². The van der Waals surface area contributed by atoms with Gasteiger partial charge in [0.05, 0.1) is 17.2 Å². The average Bonchev–Trinajstić information content (AvgIpc) is 2.98. The van der Waals surface area contributed by atoms with Gasteiger partial charge in [-0.05, 0) is 54.8 Å². The molecule has 3 aliphatic heterocycles. The normalized spacial score (nSPS) is 18.7. The predicted octanol–water partition coefficient (Wildman–Crippen LogP) is 3.40. The summed E-state index contributed by atoms with van der Waals surface area (Å²) in [6.45, 7) is 5.54. The molecule has 0 saturated carbocycles. The van der Waals surface area contributed by atoms with Gasteiger partial charge in [-0.3, -0.25) is 14.5 Å². The van der Waals surface area contributed by atoms with Crippen molar-refractivity contribution in [3.05, 3.63) is 95.0 Å². The Labute approximate surface area is 223 Å². The van der Waals surface area contributed by atoms with Crippen molar-refractivity contribution in [1.82, 2.24) is 19.6 Å². The van der Waals surface area contributed by atoms with Crippen LogP contribution >= 0.6 is 0 Å².